The van der Waals surface area contributed by atoms with E-state index in [0.29, 0.717) is 17.1 Å². The number of ketones is 1. The van der Waals surface area contributed by atoms with Crippen molar-refractivity contribution in [2.24, 2.45) is 34.5 Å². The molecular weight excluding hydrogens is 661 g/mol. The van der Waals surface area contributed by atoms with E-state index < -0.39 is 40.7 Å². The van der Waals surface area contributed by atoms with E-state index in [1.807, 2.05) is 79.7 Å². The lowest BCUT2D eigenvalue weighted by atomic mass is 9.59. The quantitative estimate of drug-likeness (QED) is 0.107. The first kappa shape index (κ1) is 35.4. The summed E-state index contributed by atoms with van der Waals surface area (Å²) in [6.07, 6.45) is 2.52. The second-order valence-corrected chi connectivity index (χ2v) is 16.1. The van der Waals surface area contributed by atoms with E-state index in [4.69, 9.17) is 14.2 Å². The molecule has 8 atom stereocenters. The van der Waals surface area contributed by atoms with Gasteiger partial charge in [-0.2, -0.15) is 0 Å². The van der Waals surface area contributed by atoms with Crippen LogP contribution in [0.4, 0.5) is 0 Å². The molecule has 0 radical (unpaired) electrons. The summed E-state index contributed by atoms with van der Waals surface area (Å²) in [4.78, 5) is 29.6. The number of hydrogen-bond acceptors (Lipinski definition) is 6. The molecule has 4 aliphatic carbocycles. The average molecular weight is 709 g/mol. The SMILES string of the molecule is CO[C@H]1C(C)=C[C@]23C(=O)[C@H](C=C(COC(c4ccccc4)(c4ccccc4)c4ccccc4)[C@@H](OC(=O)c4ccccc4)[C@]12O)[C@H]1[C@@H](C[C@H]3C)C1(C)C. The number of benzene rings is 4. The predicted octanol–water partition coefficient (Wildman–Crippen LogP) is 8.35. The Hall–Kier alpha value is -4.62. The summed E-state index contributed by atoms with van der Waals surface area (Å²) in [7, 11) is 1.55. The summed E-state index contributed by atoms with van der Waals surface area (Å²) in [5, 5.41) is 13.7. The summed E-state index contributed by atoms with van der Waals surface area (Å²) in [5.74, 6) is -1.05. The molecule has 0 unspecified atom stereocenters. The Balaban J connectivity index is 1.35. The molecule has 4 aromatic rings. The maximum atomic E-state index is 15.4. The van der Waals surface area contributed by atoms with Crippen molar-refractivity contribution in [3.63, 3.8) is 0 Å². The number of hydrogen-bond donors (Lipinski definition) is 1. The lowest BCUT2D eigenvalue weighted by molar-refractivity contribution is -0.196. The molecule has 2 fully saturated rings. The van der Waals surface area contributed by atoms with Crippen LogP contribution in [0.2, 0.25) is 0 Å². The topological polar surface area (TPSA) is 82.1 Å². The average Bonchev–Trinajstić information content (AvgIpc) is 3.67. The monoisotopic (exact) mass is 708 g/mol. The van der Waals surface area contributed by atoms with E-state index >= 15 is 4.79 Å². The summed E-state index contributed by atoms with van der Waals surface area (Å²) in [6, 6.07) is 39.1. The number of carbonyl (C=O) groups excluding carboxylic acids is 2. The summed E-state index contributed by atoms with van der Waals surface area (Å²) in [6.45, 7) is 8.42. The van der Waals surface area contributed by atoms with Gasteiger partial charge in [0.1, 0.15) is 11.7 Å². The van der Waals surface area contributed by atoms with E-state index in [-0.39, 0.29) is 29.6 Å². The number of ether oxygens (including phenoxy) is 3. The van der Waals surface area contributed by atoms with Crippen molar-refractivity contribution < 1.29 is 28.9 Å². The van der Waals surface area contributed by atoms with E-state index in [2.05, 4.69) is 57.2 Å². The van der Waals surface area contributed by atoms with Gasteiger partial charge in [0.25, 0.3) is 0 Å². The number of esters is 1. The van der Waals surface area contributed by atoms with Gasteiger partial charge in [0, 0.05) is 13.0 Å². The van der Waals surface area contributed by atoms with Gasteiger partial charge >= 0.3 is 5.97 Å². The Kier molecular flexibility index (Phi) is 8.72. The molecule has 1 spiro atoms. The molecule has 2 saturated carbocycles. The molecule has 0 aliphatic heterocycles. The highest BCUT2D eigenvalue weighted by molar-refractivity contribution is 5.96. The molecule has 6 heteroatoms. The van der Waals surface area contributed by atoms with Crippen LogP contribution in [0.1, 0.15) is 61.2 Å². The Morgan fingerprint density at radius 1 is 0.811 bits per heavy atom. The molecule has 53 heavy (non-hydrogen) atoms. The number of carbonyl (C=O) groups is 2. The second-order valence-electron chi connectivity index (χ2n) is 16.1. The van der Waals surface area contributed by atoms with Gasteiger partial charge in [0.15, 0.2) is 17.5 Å². The molecule has 0 heterocycles. The lowest BCUT2D eigenvalue weighted by Gasteiger charge is -2.50. The van der Waals surface area contributed by atoms with Gasteiger partial charge < -0.3 is 19.3 Å². The maximum Gasteiger partial charge on any atom is 0.338 e. The van der Waals surface area contributed by atoms with Crippen molar-refractivity contribution in [3.05, 3.63) is 167 Å². The van der Waals surface area contributed by atoms with Crippen LogP contribution < -0.4 is 0 Å². The molecule has 0 saturated heterocycles. The number of aliphatic hydroxyl groups is 1. The van der Waals surface area contributed by atoms with Crippen LogP contribution in [0.3, 0.4) is 0 Å². The first-order chi connectivity index (χ1) is 25.5. The Morgan fingerprint density at radius 3 is 1.83 bits per heavy atom. The fourth-order valence-electron chi connectivity index (χ4n) is 10.6. The molecule has 0 amide bonds. The van der Waals surface area contributed by atoms with Crippen LogP contribution in [0.15, 0.2) is 145 Å². The minimum Gasteiger partial charge on any atom is -0.451 e. The first-order valence-corrected chi connectivity index (χ1v) is 18.8. The summed E-state index contributed by atoms with van der Waals surface area (Å²) in [5.41, 5.74) is -0.0970. The van der Waals surface area contributed by atoms with Crippen LogP contribution in [-0.4, -0.2) is 48.4 Å². The van der Waals surface area contributed by atoms with Gasteiger partial charge in [-0.05, 0) is 76.5 Å². The number of rotatable bonds is 9. The molecule has 8 rings (SSSR count). The number of allylic oxidation sites excluding steroid dienone is 1. The van der Waals surface area contributed by atoms with Crippen LogP contribution in [-0.2, 0) is 24.6 Å². The molecule has 2 bridgehead atoms. The number of fused-ring (bicyclic) bond motifs is 3. The van der Waals surface area contributed by atoms with Gasteiger partial charge in [-0.1, -0.05) is 142 Å². The van der Waals surface area contributed by atoms with Gasteiger partial charge in [0.05, 0.1) is 17.6 Å². The highest BCUT2D eigenvalue weighted by Crippen LogP contribution is 2.72. The molecule has 1 N–H and O–H groups in total. The highest BCUT2D eigenvalue weighted by Gasteiger charge is 2.76. The van der Waals surface area contributed by atoms with E-state index in [1.165, 1.54) is 0 Å². The van der Waals surface area contributed by atoms with Gasteiger partial charge in [-0.15, -0.1) is 0 Å². The zero-order chi connectivity index (χ0) is 37.2. The third-order valence-electron chi connectivity index (χ3n) is 13.1. The van der Waals surface area contributed by atoms with Gasteiger partial charge in [0.2, 0.25) is 0 Å². The normalized spacial score (nSPS) is 31.2. The Bertz CT molecular complexity index is 1960. The summed E-state index contributed by atoms with van der Waals surface area (Å²) >= 11 is 0. The van der Waals surface area contributed by atoms with Crippen LogP contribution in [0.25, 0.3) is 0 Å². The smallest absolute Gasteiger partial charge is 0.338 e. The van der Waals surface area contributed by atoms with Crippen molar-refractivity contribution in [3.8, 4) is 0 Å². The van der Waals surface area contributed by atoms with E-state index in [9.17, 15) is 9.90 Å². The summed E-state index contributed by atoms with van der Waals surface area (Å²) < 4.78 is 20.1. The van der Waals surface area contributed by atoms with Crippen molar-refractivity contribution in [1.82, 2.24) is 0 Å². The van der Waals surface area contributed by atoms with Crippen LogP contribution in [0, 0.1) is 34.5 Å². The predicted molar refractivity (Wildman–Crippen MR) is 204 cm³/mol. The van der Waals surface area contributed by atoms with Gasteiger partial charge in [-0.25, -0.2) is 4.79 Å². The molecule has 6 nitrogen and oxygen atoms in total. The van der Waals surface area contributed by atoms with E-state index in [0.717, 1.165) is 28.7 Å². The van der Waals surface area contributed by atoms with Gasteiger partial charge in [-0.3, -0.25) is 4.79 Å². The second kappa shape index (κ2) is 13.0. The van der Waals surface area contributed by atoms with Crippen molar-refractivity contribution in [2.75, 3.05) is 13.7 Å². The van der Waals surface area contributed by atoms with Crippen molar-refractivity contribution in [2.45, 2.75) is 57.5 Å². The fourth-order valence-corrected chi connectivity index (χ4v) is 10.6. The zero-order valence-electron chi connectivity index (χ0n) is 31.1. The molecule has 4 aliphatic rings. The minimum absolute atomic E-state index is 0.0410. The van der Waals surface area contributed by atoms with E-state index in [1.54, 1.807) is 31.4 Å². The largest absolute Gasteiger partial charge is 0.451 e. The molecule has 4 aromatic carbocycles. The molecule has 0 aromatic heterocycles. The number of methoxy groups -OCH3 is 1. The molecule has 272 valence electrons. The zero-order valence-corrected chi connectivity index (χ0v) is 31.1. The maximum absolute atomic E-state index is 15.4. The lowest BCUT2D eigenvalue weighted by Crippen LogP contribution is -2.66. The van der Waals surface area contributed by atoms with Crippen LogP contribution >= 0.6 is 0 Å². The third kappa shape index (κ3) is 5.17. The Morgan fingerprint density at radius 2 is 1.32 bits per heavy atom. The molecular formula is C47H48O6. The number of Topliss-reactive ketones (excluding diaryl/α,β-unsaturated/α-hetero) is 1. The standard InChI is InChI=1S/C47H48O6/c1-30-28-45-31(2)26-38-39(44(38,3)4)37(40(45)48)27-33(42(47(45,50)41(30)51-5)53-43(49)32-18-10-6-11-19-32)29-52-46(34-20-12-7-13-21-34,35-22-14-8-15-23-35)36-24-16-9-17-25-36/h6-25,27-28,31,37-39,41-42,50H,26,29H2,1-5H3/t31-,37-,38-,39+,41+,42-,45+,47-/m1/s1. The third-order valence-corrected chi connectivity index (χ3v) is 13.1. The van der Waals surface area contributed by atoms with Crippen molar-refractivity contribution in [1.29, 1.82) is 0 Å². The van der Waals surface area contributed by atoms with Crippen LogP contribution in [0.5, 0.6) is 0 Å². The van der Waals surface area contributed by atoms with Crippen molar-refractivity contribution >= 4 is 11.8 Å². The minimum atomic E-state index is -1.95. The Labute approximate surface area is 312 Å². The highest BCUT2D eigenvalue weighted by atomic mass is 16.6. The fraction of sp³-hybridized carbons (Fsp3) is 0.362. The first-order valence-electron chi connectivity index (χ1n) is 18.8.